The van der Waals surface area contributed by atoms with Crippen molar-refractivity contribution in [2.24, 2.45) is 0 Å². The molecule has 0 aliphatic carbocycles. The highest BCUT2D eigenvalue weighted by molar-refractivity contribution is 5.76. The van der Waals surface area contributed by atoms with Crippen LogP contribution in [-0.2, 0) is 33.2 Å². The van der Waals surface area contributed by atoms with Gasteiger partial charge in [-0.1, -0.05) is 25.7 Å². The lowest BCUT2D eigenvalue weighted by atomic mass is 10.2. The van der Waals surface area contributed by atoms with E-state index in [0.717, 1.165) is 19.3 Å². The van der Waals surface area contributed by atoms with Gasteiger partial charge in [-0.3, -0.25) is 4.79 Å². The number of hydrogen-bond donors (Lipinski definition) is 1. The molecule has 0 aliphatic rings. The molecule has 0 rings (SSSR count). The Kier molecular flexibility index (Phi) is 22.3. The average Bonchev–Trinajstić information content (AvgIpc) is 2.81. The number of ether oxygens (including phenoxy) is 6. The molecule has 0 aromatic heterocycles. The van der Waals surface area contributed by atoms with Gasteiger partial charge in [-0.05, 0) is 27.2 Å². The average molecular weight is 517 g/mol. The fourth-order valence-electron chi connectivity index (χ4n) is 2.84. The number of hydrogen-bond acceptors (Lipinski definition) is 8. The highest BCUT2D eigenvalue weighted by atomic mass is 16.6. The van der Waals surface area contributed by atoms with Gasteiger partial charge >= 0.3 is 6.09 Å². The van der Waals surface area contributed by atoms with Crippen molar-refractivity contribution in [3.8, 4) is 12.3 Å². The number of unbranched alkanes of at least 4 members (excludes halogenated alkanes) is 2. The van der Waals surface area contributed by atoms with E-state index in [4.69, 9.17) is 34.8 Å². The first-order valence-corrected chi connectivity index (χ1v) is 12.9. The fourth-order valence-corrected chi connectivity index (χ4v) is 2.84. The Balaban J connectivity index is 3.90. The van der Waals surface area contributed by atoms with E-state index in [1.54, 1.807) is 0 Å². The van der Waals surface area contributed by atoms with Crippen LogP contribution in [0.15, 0.2) is 0 Å². The SMILES string of the molecule is C#CCOCCOCCOCCOCCC(=O)N(CCCCC)CCOCCNC(=O)OC(C)(C)C. The highest BCUT2D eigenvalue weighted by Gasteiger charge is 2.16. The van der Waals surface area contributed by atoms with Crippen molar-refractivity contribution in [3.05, 3.63) is 0 Å². The van der Waals surface area contributed by atoms with Crippen LogP contribution < -0.4 is 5.32 Å². The molecule has 0 fully saturated rings. The molecule has 36 heavy (non-hydrogen) atoms. The van der Waals surface area contributed by atoms with Gasteiger partial charge in [-0.15, -0.1) is 6.42 Å². The number of alkyl carbamates (subject to hydrolysis) is 1. The summed E-state index contributed by atoms with van der Waals surface area (Å²) in [4.78, 5) is 26.1. The summed E-state index contributed by atoms with van der Waals surface area (Å²) in [6, 6.07) is 0. The van der Waals surface area contributed by atoms with Gasteiger partial charge < -0.3 is 38.6 Å². The summed E-state index contributed by atoms with van der Waals surface area (Å²) < 4.78 is 32.2. The van der Waals surface area contributed by atoms with Crippen LogP contribution in [0.5, 0.6) is 0 Å². The van der Waals surface area contributed by atoms with Gasteiger partial charge in [0.1, 0.15) is 12.2 Å². The number of rotatable bonds is 23. The van der Waals surface area contributed by atoms with E-state index in [9.17, 15) is 9.59 Å². The van der Waals surface area contributed by atoms with E-state index in [1.807, 2.05) is 25.7 Å². The van der Waals surface area contributed by atoms with Gasteiger partial charge in [0.2, 0.25) is 5.91 Å². The van der Waals surface area contributed by atoms with Crippen molar-refractivity contribution < 1.29 is 38.0 Å². The summed E-state index contributed by atoms with van der Waals surface area (Å²) in [5, 5.41) is 2.65. The lowest BCUT2D eigenvalue weighted by Crippen LogP contribution is -2.36. The molecule has 0 saturated heterocycles. The van der Waals surface area contributed by atoms with Gasteiger partial charge in [0.25, 0.3) is 0 Å². The predicted molar refractivity (Wildman–Crippen MR) is 138 cm³/mol. The maximum Gasteiger partial charge on any atom is 0.407 e. The number of nitrogens with zero attached hydrogens (tertiary/aromatic N) is 1. The second-order valence-electron chi connectivity index (χ2n) is 8.97. The maximum absolute atomic E-state index is 12.6. The Morgan fingerprint density at radius 3 is 1.97 bits per heavy atom. The van der Waals surface area contributed by atoms with Crippen molar-refractivity contribution >= 4 is 12.0 Å². The lowest BCUT2D eigenvalue weighted by Gasteiger charge is -2.23. The van der Waals surface area contributed by atoms with Gasteiger partial charge in [-0.2, -0.15) is 0 Å². The van der Waals surface area contributed by atoms with Gasteiger partial charge in [0.15, 0.2) is 0 Å². The molecule has 0 aromatic rings. The quantitative estimate of drug-likeness (QED) is 0.163. The minimum absolute atomic E-state index is 0.0444. The lowest BCUT2D eigenvalue weighted by molar-refractivity contribution is -0.133. The molecule has 0 radical (unpaired) electrons. The monoisotopic (exact) mass is 516 g/mol. The van der Waals surface area contributed by atoms with E-state index in [0.29, 0.717) is 92.1 Å². The Bertz CT molecular complexity index is 589. The second kappa shape index (κ2) is 23.5. The molecule has 1 N–H and O–H groups in total. The molecular formula is C26H48N2O8. The number of carbonyl (C=O) groups is 2. The predicted octanol–water partition coefficient (Wildman–Crippen LogP) is 2.64. The third-order valence-electron chi connectivity index (χ3n) is 4.57. The van der Waals surface area contributed by atoms with E-state index in [-0.39, 0.29) is 5.91 Å². The molecule has 0 aromatic carbocycles. The Morgan fingerprint density at radius 1 is 0.806 bits per heavy atom. The third-order valence-corrected chi connectivity index (χ3v) is 4.57. The van der Waals surface area contributed by atoms with Crippen molar-refractivity contribution in [2.75, 3.05) is 85.7 Å². The fraction of sp³-hybridized carbons (Fsp3) is 0.846. The minimum Gasteiger partial charge on any atom is -0.444 e. The van der Waals surface area contributed by atoms with Gasteiger partial charge in [0.05, 0.1) is 65.9 Å². The molecule has 0 unspecified atom stereocenters. The van der Waals surface area contributed by atoms with Crippen LogP contribution in [0.3, 0.4) is 0 Å². The molecule has 0 heterocycles. The smallest absolute Gasteiger partial charge is 0.407 e. The summed E-state index contributed by atoms with van der Waals surface area (Å²) in [6.45, 7) is 13.3. The molecule has 0 atom stereocenters. The van der Waals surface area contributed by atoms with Crippen molar-refractivity contribution in [1.29, 1.82) is 0 Å². The molecule has 10 heteroatoms. The first-order valence-electron chi connectivity index (χ1n) is 12.9. The number of carbonyl (C=O) groups excluding carboxylic acids is 2. The summed E-state index contributed by atoms with van der Waals surface area (Å²) in [7, 11) is 0. The third kappa shape index (κ3) is 23.8. The molecule has 0 spiro atoms. The van der Waals surface area contributed by atoms with E-state index in [2.05, 4.69) is 18.2 Å². The van der Waals surface area contributed by atoms with Gasteiger partial charge in [-0.25, -0.2) is 4.79 Å². The van der Waals surface area contributed by atoms with Gasteiger partial charge in [0, 0.05) is 19.6 Å². The topological polar surface area (TPSA) is 105 Å². The summed E-state index contributed by atoms with van der Waals surface area (Å²) >= 11 is 0. The normalized spacial score (nSPS) is 11.2. The number of nitrogens with one attached hydrogen (secondary N) is 1. The van der Waals surface area contributed by atoms with E-state index < -0.39 is 11.7 Å². The number of terminal acetylenes is 1. The standard InChI is InChI=1S/C26H48N2O8/c1-6-8-9-12-28(13-17-33-16-11-27-25(30)36-26(3,4)5)24(29)10-15-32-19-21-35-23-22-34-20-18-31-14-7-2/h2H,6,8-23H2,1,3-5H3,(H,27,30). The van der Waals surface area contributed by atoms with Crippen molar-refractivity contribution in [3.63, 3.8) is 0 Å². The first kappa shape index (κ1) is 34.1. The molecule has 210 valence electrons. The minimum atomic E-state index is -0.533. The highest BCUT2D eigenvalue weighted by Crippen LogP contribution is 2.06. The van der Waals surface area contributed by atoms with Crippen LogP contribution in [0.2, 0.25) is 0 Å². The summed E-state index contributed by atoms with van der Waals surface area (Å²) in [5.74, 6) is 2.43. The van der Waals surface area contributed by atoms with Crippen molar-refractivity contribution in [1.82, 2.24) is 10.2 Å². The maximum atomic E-state index is 12.6. The molecule has 10 nitrogen and oxygen atoms in total. The zero-order valence-electron chi connectivity index (χ0n) is 22.8. The summed E-state index contributed by atoms with van der Waals surface area (Å²) in [6.07, 6.45) is 8.03. The zero-order chi connectivity index (χ0) is 26.9. The van der Waals surface area contributed by atoms with Crippen LogP contribution >= 0.6 is 0 Å². The van der Waals surface area contributed by atoms with Crippen LogP contribution in [0.1, 0.15) is 53.4 Å². The Hall–Kier alpha value is -1.90. The van der Waals surface area contributed by atoms with E-state index >= 15 is 0 Å². The van der Waals surface area contributed by atoms with Crippen LogP contribution in [0.4, 0.5) is 4.79 Å². The largest absolute Gasteiger partial charge is 0.444 e. The molecule has 0 saturated carbocycles. The molecule has 0 aliphatic heterocycles. The van der Waals surface area contributed by atoms with E-state index in [1.165, 1.54) is 0 Å². The number of amides is 2. The Morgan fingerprint density at radius 2 is 1.39 bits per heavy atom. The zero-order valence-corrected chi connectivity index (χ0v) is 22.8. The second-order valence-corrected chi connectivity index (χ2v) is 8.97. The Labute approximate surface area is 217 Å². The molecule has 2 amide bonds. The van der Waals surface area contributed by atoms with Crippen LogP contribution in [0, 0.1) is 12.3 Å². The van der Waals surface area contributed by atoms with Crippen molar-refractivity contribution in [2.45, 2.75) is 59.0 Å². The van der Waals surface area contributed by atoms with Crippen LogP contribution in [-0.4, -0.2) is 108 Å². The summed E-state index contributed by atoms with van der Waals surface area (Å²) in [5.41, 5.74) is -0.533. The molecule has 0 bridgehead atoms. The first-order chi connectivity index (χ1) is 17.3. The molecular weight excluding hydrogens is 468 g/mol. The van der Waals surface area contributed by atoms with Crippen LogP contribution in [0.25, 0.3) is 0 Å².